The topological polar surface area (TPSA) is 58.9 Å². The lowest BCUT2D eigenvalue weighted by Crippen LogP contribution is -2.22. The van der Waals surface area contributed by atoms with Gasteiger partial charge in [-0.3, -0.25) is 0 Å². The number of benzene rings is 1. The second-order valence-electron chi connectivity index (χ2n) is 4.18. The SMILES string of the molecule is Cc1cc(C)c(O)c(C)c1.OC1CCOCO1. The Morgan fingerprint density at radius 3 is 2.12 bits per heavy atom. The molecule has 1 aromatic carbocycles. The largest absolute Gasteiger partial charge is 0.507 e. The Morgan fingerprint density at radius 1 is 1.18 bits per heavy atom. The van der Waals surface area contributed by atoms with E-state index < -0.39 is 6.29 Å². The molecule has 0 spiro atoms. The van der Waals surface area contributed by atoms with E-state index >= 15 is 0 Å². The van der Waals surface area contributed by atoms with Crippen molar-refractivity contribution in [2.75, 3.05) is 13.4 Å². The highest BCUT2D eigenvalue weighted by atomic mass is 16.7. The molecule has 4 heteroatoms. The minimum atomic E-state index is -0.589. The summed E-state index contributed by atoms with van der Waals surface area (Å²) in [6.45, 7) is 6.70. The molecular formula is C13H20O4. The predicted octanol–water partition coefficient (Wildman–Crippen LogP) is 2.02. The summed E-state index contributed by atoms with van der Waals surface area (Å²) in [5, 5.41) is 17.9. The zero-order valence-corrected chi connectivity index (χ0v) is 10.6. The first kappa shape index (κ1) is 14.0. The van der Waals surface area contributed by atoms with Gasteiger partial charge in [-0.15, -0.1) is 0 Å². The van der Waals surface area contributed by atoms with Gasteiger partial charge in [0.05, 0.1) is 6.61 Å². The van der Waals surface area contributed by atoms with E-state index in [1.165, 1.54) is 5.56 Å². The van der Waals surface area contributed by atoms with Crippen molar-refractivity contribution in [3.8, 4) is 5.75 Å². The molecule has 1 unspecified atom stereocenters. The maximum absolute atomic E-state index is 9.33. The molecule has 1 fully saturated rings. The average molecular weight is 240 g/mol. The van der Waals surface area contributed by atoms with E-state index in [2.05, 4.69) is 4.74 Å². The first-order valence-corrected chi connectivity index (χ1v) is 5.65. The standard InChI is InChI=1S/C9H12O.C4H8O3/c1-6-4-7(2)9(10)8(3)5-6;5-4-1-2-6-3-7-4/h4-5,10H,1-3H3;4-5H,1-3H2. The highest BCUT2D eigenvalue weighted by molar-refractivity contribution is 5.41. The van der Waals surface area contributed by atoms with E-state index in [0.29, 0.717) is 18.8 Å². The molecule has 96 valence electrons. The number of phenolic OH excluding ortho intramolecular Hbond substituents is 1. The van der Waals surface area contributed by atoms with E-state index in [9.17, 15) is 5.11 Å². The molecule has 1 heterocycles. The molecule has 0 radical (unpaired) electrons. The van der Waals surface area contributed by atoms with Crippen LogP contribution in [0.25, 0.3) is 0 Å². The number of hydrogen-bond donors (Lipinski definition) is 2. The number of aryl methyl sites for hydroxylation is 3. The van der Waals surface area contributed by atoms with Gasteiger partial charge >= 0.3 is 0 Å². The third-order valence-corrected chi connectivity index (χ3v) is 2.49. The van der Waals surface area contributed by atoms with E-state index in [1.807, 2.05) is 32.9 Å². The number of ether oxygens (including phenoxy) is 2. The molecule has 0 saturated carbocycles. The summed E-state index contributed by atoms with van der Waals surface area (Å²) in [5.74, 6) is 0.422. The van der Waals surface area contributed by atoms with Crippen molar-refractivity contribution in [3.63, 3.8) is 0 Å². The maximum Gasteiger partial charge on any atom is 0.159 e. The molecule has 1 saturated heterocycles. The molecule has 17 heavy (non-hydrogen) atoms. The average Bonchev–Trinajstić information content (AvgIpc) is 2.27. The molecule has 0 amide bonds. The quantitative estimate of drug-likeness (QED) is 0.728. The van der Waals surface area contributed by atoms with Crippen molar-refractivity contribution < 1.29 is 19.7 Å². The van der Waals surface area contributed by atoms with Crippen molar-refractivity contribution in [3.05, 3.63) is 28.8 Å². The van der Waals surface area contributed by atoms with Crippen LogP contribution in [0.15, 0.2) is 12.1 Å². The van der Waals surface area contributed by atoms with Crippen LogP contribution in [0.1, 0.15) is 23.1 Å². The second-order valence-corrected chi connectivity index (χ2v) is 4.18. The van der Waals surface area contributed by atoms with Crippen LogP contribution in [0.3, 0.4) is 0 Å². The fraction of sp³-hybridized carbons (Fsp3) is 0.538. The summed E-state index contributed by atoms with van der Waals surface area (Å²) in [4.78, 5) is 0. The van der Waals surface area contributed by atoms with Gasteiger partial charge in [0.25, 0.3) is 0 Å². The van der Waals surface area contributed by atoms with E-state index in [-0.39, 0.29) is 6.79 Å². The molecule has 0 aliphatic carbocycles. The van der Waals surface area contributed by atoms with Crippen LogP contribution in [0.5, 0.6) is 5.75 Å². The third-order valence-electron chi connectivity index (χ3n) is 2.49. The van der Waals surface area contributed by atoms with Gasteiger partial charge < -0.3 is 19.7 Å². The monoisotopic (exact) mass is 240 g/mol. The molecule has 1 aromatic rings. The number of phenols is 1. The highest BCUT2D eigenvalue weighted by Gasteiger charge is 2.07. The van der Waals surface area contributed by atoms with Gasteiger partial charge in [-0.25, -0.2) is 0 Å². The Bertz CT molecular complexity index is 333. The molecule has 0 bridgehead atoms. The first-order valence-electron chi connectivity index (χ1n) is 5.65. The van der Waals surface area contributed by atoms with E-state index in [1.54, 1.807) is 0 Å². The summed E-state index contributed by atoms with van der Waals surface area (Å²) in [6, 6.07) is 3.95. The fourth-order valence-electron chi connectivity index (χ4n) is 1.63. The highest BCUT2D eigenvalue weighted by Crippen LogP contribution is 2.21. The fourth-order valence-corrected chi connectivity index (χ4v) is 1.63. The smallest absolute Gasteiger partial charge is 0.159 e. The summed E-state index contributed by atoms with van der Waals surface area (Å²) in [6.07, 6.45) is 0.00810. The van der Waals surface area contributed by atoms with Crippen LogP contribution < -0.4 is 0 Å². The molecule has 4 nitrogen and oxygen atoms in total. The molecule has 0 aromatic heterocycles. The van der Waals surface area contributed by atoms with Crippen molar-refractivity contribution in [2.45, 2.75) is 33.5 Å². The molecular weight excluding hydrogens is 220 g/mol. The van der Waals surface area contributed by atoms with Gasteiger partial charge in [-0.1, -0.05) is 17.7 Å². The van der Waals surface area contributed by atoms with E-state index in [0.717, 1.165) is 11.1 Å². The third kappa shape index (κ3) is 4.73. The van der Waals surface area contributed by atoms with Crippen molar-refractivity contribution in [1.82, 2.24) is 0 Å². The normalized spacial score (nSPS) is 19.4. The van der Waals surface area contributed by atoms with Gasteiger partial charge in [-0.05, 0) is 31.9 Å². The molecule has 2 rings (SSSR count). The van der Waals surface area contributed by atoms with Crippen LogP contribution in [0, 0.1) is 20.8 Å². The molecule has 2 N–H and O–H groups in total. The lowest BCUT2D eigenvalue weighted by atomic mass is 10.1. The lowest BCUT2D eigenvalue weighted by molar-refractivity contribution is -0.214. The molecule has 1 atom stereocenters. The summed E-state index contributed by atoms with van der Waals surface area (Å²) in [7, 11) is 0. The Labute approximate surface area is 102 Å². The first-order chi connectivity index (χ1) is 8.00. The Hall–Kier alpha value is -1.10. The van der Waals surface area contributed by atoms with Gasteiger partial charge in [0.15, 0.2) is 6.29 Å². The minimum Gasteiger partial charge on any atom is -0.507 e. The second kappa shape index (κ2) is 6.59. The number of rotatable bonds is 0. The van der Waals surface area contributed by atoms with Crippen LogP contribution in [-0.2, 0) is 9.47 Å². The Balaban J connectivity index is 0.000000181. The number of aliphatic hydroxyl groups excluding tert-OH is 1. The van der Waals surface area contributed by atoms with Gasteiger partial charge in [-0.2, -0.15) is 0 Å². The molecule has 1 aliphatic rings. The van der Waals surface area contributed by atoms with E-state index in [4.69, 9.17) is 9.84 Å². The summed E-state index contributed by atoms with van der Waals surface area (Å²) in [5.41, 5.74) is 3.11. The summed E-state index contributed by atoms with van der Waals surface area (Å²) >= 11 is 0. The summed E-state index contributed by atoms with van der Waals surface area (Å²) < 4.78 is 9.37. The maximum atomic E-state index is 9.33. The lowest BCUT2D eigenvalue weighted by Gasteiger charge is -2.16. The van der Waals surface area contributed by atoms with Crippen LogP contribution >= 0.6 is 0 Å². The van der Waals surface area contributed by atoms with Crippen molar-refractivity contribution in [2.24, 2.45) is 0 Å². The zero-order chi connectivity index (χ0) is 12.8. The van der Waals surface area contributed by atoms with Gasteiger partial charge in [0.1, 0.15) is 12.5 Å². The zero-order valence-electron chi connectivity index (χ0n) is 10.6. The van der Waals surface area contributed by atoms with Crippen molar-refractivity contribution in [1.29, 1.82) is 0 Å². The van der Waals surface area contributed by atoms with Gasteiger partial charge in [0, 0.05) is 6.42 Å². The Morgan fingerprint density at radius 2 is 1.76 bits per heavy atom. The van der Waals surface area contributed by atoms with Crippen LogP contribution in [-0.4, -0.2) is 29.9 Å². The van der Waals surface area contributed by atoms with Crippen LogP contribution in [0.2, 0.25) is 0 Å². The predicted molar refractivity (Wildman–Crippen MR) is 64.8 cm³/mol. The minimum absolute atomic E-state index is 0.237. The molecule has 1 aliphatic heterocycles. The number of hydrogen-bond acceptors (Lipinski definition) is 4. The van der Waals surface area contributed by atoms with Crippen LogP contribution in [0.4, 0.5) is 0 Å². The van der Waals surface area contributed by atoms with Crippen molar-refractivity contribution >= 4 is 0 Å². The van der Waals surface area contributed by atoms with Gasteiger partial charge in [0.2, 0.25) is 0 Å². The Kier molecular flexibility index (Phi) is 5.41. The number of aliphatic hydroxyl groups is 1. The number of aromatic hydroxyl groups is 1.